The molecule has 1 heteroatoms. The molecule has 0 aliphatic carbocycles. The van der Waals surface area contributed by atoms with Crippen LogP contribution in [0, 0.1) is 5.92 Å². The molecule has 1 nitrogen and oxygen atoms in total. The fraction of sp³-hybridized carbons (Fsp3) is 1.00. The summed E-state index contributed by atoms with van der Waals surface area (Å²) in [5.74, 6) is 0.793. The van der Waals surface area contributed by atoms with E-state index in [0.29, 0.717) is 0 Å². The molecule has 0 aromatic rings. The molecule has 1 aliphatic heterocycles. The van der Waals surface area contributed by atoms with Crippen molar-refractivity contribution in [2.75, 3.05) is 6.61 Å². The molecule has 11 heavy (non-hydrogen) atoms. The summed E-state index contributed by atoms with van der Waals surface area (Å²) in [4.78, 5) is 0. The molecular weight excluding hydrogens is 136 g/mol. The molecule has 1 heterocycles. The zero-order valence-corrected chi connectivity index (χ0v) is 8.02. The largest absolute Gasteiger partial charge is 0.375 e. The normalized spacial score (nSPS) is 30.3. The topological polar surface area (TPSA) is 9.23 Å². The Morgan fingerprint density at radius 2 is 2.18 bits per heavy atom. The van der Waals surface area contributed by atoms with Gasteiger partial charge < -0.3 is 4.74 Å². The van der Waals surface area contributed by atoms with Crippen LogP contribution in [0.5, 0.6) is 0 Å². The van der Waals surface area contributed by atoms with E-state index in [9.17, 15) is 0 Å². The summed E-state index contributed by atoms with van der Waals surface area (Å²) in [5, 5.41) is 0. The van der Waals surface area contributed by atoms with Gasteiger partial charge in [0.1, 0.15) is 0 Å². The minimum absolute atomic E-state index is 0.147. The first-order chi connectivity index (χ1) is 5.17. The highest BCUT2D eigenvalue weighted by Crippen LogP contribution is 2.33. The maximum atomic E-state index is 5.73. The SMILES string of the molecule is CCCC1CCCOC1(C)C. The van der Waals surface area contributed by atoms with Gasteiger partial charge in [-0.2, -0.15) is 0 Å². The van der Waals surface area contributed by atoms with Crippen molar-refractivity contribution in [3.63, 3.8) is 0 Å². The second-order valence-electron chi connectivity index (χ2n) is 4.08. The summed E-state index contributed by atoms with van der Waals surface area (Å²) in [7, 11) is 0. The van der Waals surface area contributed by atoms with Gasteiger partial charge in [0.15, 0.2) is 0 Å². The first-order valence-corrected chi connectivity index (χ1v) is 4.81. The molecule has 1 aliphatic rings. The molecule has 0 spiro atoms. The predicted molar refractivity (Wildman–Crippen MR) is 47.7 cm³/mol. The second-order valence-corrected chi connectivity index (χ2v) is 4.08. The molecule has 0 N–H and O–H groups in total. The lowest BCUT2D eigenvalue weighted by atomic mass is 9.82. The van der Waals surface area contributed by atoms with Gasteiger partial charge in [-0.1, -0.05) is 13.3 Å². The molecule has 1 fully saturated rings. The van der Waals surface area contributed by atoms with E-state index in [1.165, 1.54) is 25.7 Å². The van der Waals surface area contributed by atoms with Crippen molar-refractivity contribution in [3.05, 3.63) is 0 Å². The van der Waals surface area contributed by atoms with Gasteiger partial charge in [-0.25, -0.2) is 0 Å². The molecule has 1 unspecified atom stereocenters. The van der Waals surface area contributed by atoms with Crippen LogP contribution in [-0.4, -0.2) is 12.2 Å². The molecular formula is C10H20O. The zero-order valence-electron chi connectivity index (χ0n) is 8.02. The molecule has 1 atom stereocenters. The van der Waals surface area contributed by atoms with Gasteiger partial charge in [0.05, 0.1) is 5.60 Å². The summed E-state index contributed by atoms with van der Waals surface area (Å²) < 4.78 is 5.73. The third-order valence-electron chi connectivity index (χ3n) is 2.79. The van der Waals surface area contributed by atoms with E-state index < -0.39 is 0 Å². The minimum Gasteiger partial charge on any atom is -0.375 e. The predicted octanol–water partition coefficient (Wildman–Crippen LogP) is 2.99. The number of hydrogen-bond donors (Lipinski definition) is 0. The summed E-state index contributed by atoms with van der Waals surface area (Å²) in [6.07, 6.45) is 5.24. The molecule has 0 saturated carbocycles. The lowest BCUT2D eigenvalue weighted by Crippen LogP contribution is -2.38. The maximum Gasteiger partial charge on any atom is 0.0654 e. The van der Waals surface area contributed by atoms with Crippen molar-refractivity contribution in [2.24, 2.45) is 5.92 Å². The van der Waals surface area contributed by atoms with Crippen molar-refractivity contribution in [1.29, 1.82) is 0 Å². The van der Waals surface area contributed by atoms with Crippen LogP contribution in [0.2, 0.25) is 0 Å². The van der Waals surface area contributed by atoms with Crippen LogP contribution in [-0.2, 0) is 4.74 Å². The van der Waals surface area contributed by atoms with Crippen LogP contribution in [0.4, 0.5) is 0 Å². The van der Waals surface area contributed by atoms with Gasteiger partial charge in [0.2, 0.25) is 0 Å². The highest BCUT2D eigenvalue weighted by atomic mass is 16.5. The molecule has 0 aromatic heterocycles. The maximum absolute atomic E-state index is 5.73. The Hall–Kier alpha value is -0.0400. The van der Waals surface area contributed by atoms with Crippen LogP contribution >= 0.6 is 0 Å². The van der Waals surface area contributed by atoms with E-state index in [4.69, 9.17) is 4.74 Å². The minimum atomic E-state index is 0.147. The van der Waals surface area contributed by atoms with Gasteiger partial charge in [-0.3, -0.25) is 0 Å². The van der Waals surface area contributed by atoms with Gasteiger partial charge in [-0.15, -0.1) is 0 Å². The van der Waals surface area contributed by atoms with Crippen LogP contribution in [0.3, 0.4) is 0 Å². The Morgan fingerprint density at radius 3 is 2.73 bits per heavy atom. The first kappa shape index (κ1) is 9.05. The molecule has 1 rings (SSSR count). The van der Waals surface area contributed by atoms with E-state index in [1.807, 2.05) is 0 Å². The Morgan fingerprint density at radius 1 is 1.45 bits per heavy atom. The Labute approximate surface area is 70.1 Å². The molecule has 1 saturated heterocycles. The second kappa shape index (κ2) is 3.57. The molecule has 66 valence electrons. The quantitative estimate of drug-likeness (QED) is 0.597. The molecule has 0 radical (unpaired) electrons. The fourth-order valence-electron chi connectivity index (χ4n) is 1.97. The average Bonchev–Trinajstić information content (AvgIpc) is 1.94. The van der Waals surface area contributed by atoms with E-state index in [0.717, 1.165) is 12.5 Å². The summed E-state index contributed by atoms with van der Waals surface area (Å²) in [6, 6.07) is 0. The fourth-order valence-corrected chi connectivity index (χ4v) is 1.97. The van der Waals surface area contributed by atoms with E-state index in [2.05, 4.69) is 20.8 Å². The number of rotatable bonds is 2. The van der Waals surface area contributed by atoms with Crippen molar-refractivity contribution in [3.8, 4) is 0 Å². The van der Waals surface area contributed by atoms with Crippen molar-refractivity contribution >= 4 is 0 Å². The third-order valence-corrected chi connectivity index (χ3v) is 2.79. The lowest BCUT2D eigenvalue weighted by molar-refractivity contribution is -0.0957. The molecule has 0 amide bonds. The van der Waals surface area contributed by atoms with Crippen molar-refractivity contribution < 1.29 is 4.74 Å². The first-order valence-electron chi connectivity index (χ1n) is 4.81. The third kappa shape index (κ3) is 2.19. The van der Waals surface area contributed by atoms with Crippen LogP contribution < -0.4 is 0 Å². The lowest BCUT2D eigenvalue weighted by Gasteiger charge is -2.38. The monoisotopic (exact) mass is 156 g/mol. The van der Waals surface area contributed by atoms with E-state index in [-0.39, 0.29) is 5.60 Å². The summed E-state index contributed by atoms with van der Waals surface area (Å²) in [5.41, 5.74) is 0.147. The standard InChI is InChI=1S/C10H20O/c1-4-6-9-7-5-8-11-10(9,2)3/h9H,4-8H2,1-3H3. The highest BCUT2D eigenvalue weighted by molar-refractivity contribution is 4.82. The van der Waals surface area contributed by atoms with Gasteiger partial charge >= 0.3 is 0 Å². The average molecular weight is 156 g/mol. The Balaban J connectivity index is 2.45. The van der Waals surface area contributed by atoms with Gasteiger partial charge in [0, 0.05) is 6.61 Å². The van der Waals surface area contributed by atoms with Gasteiger partial charge in [0.25, 0.3) is 0 Å². The highest BCUT2D eigenvalue weighted by Gasteiger charge is 2.32. The smallest absolute Gasteiger partial charge is 0.0654 e. The Bertz CT molecular complexity index is 116. The number of ether oxygens (including phenoxy) is 1. The van der Waals surface area contributed by atoms with Crippen LogP contribution in [0.1, 0.15) is 46.5 Å². The zero-order chi connectivity index (χ0) is 8.32. The van der Waals surface area contributed by atoms with E-state index >= 15 is 0 Å². The van der Waals surface area contributed by atoms with Crippen molar-refractivity contribution in [2.45, 2.75) is 52.1 Å². The van der Waals surface area contributed by atoms with Crippen LogP contribution in [0.25, 0.3) is 0 Å². The van der Waals surface area contributed by atoms with Gasteiger partial charge in [-0.05, 0) is 39.0 Å². The Kier molecular flexibility index (Phi) is 2.94. The van der Waals surface area contributed by atoms with E-state index in [1.54, 1.807) is 0 Å². The molecule has 0 bridgehead atoms. The van der Waals surface area contributed by atoms with Crippen LogP contribution in [0.15, 0.2) is 0 Å². The number of hydrogen-bond acceptors (Lipinski definition) is 1. The summed E-state index contributed by atoms with van der Waals surface area (Å²) in [6.45, 7) is 7.68. The summed E-state index contributed by atoms with van der Waals surface area (Å²) >= 11 is 0. The van der Waals surface area contributed by atoms with Crippen molar-refractivity contribution in [1.82, 2.24) is 0 Å². The molecule has 0 aromatic carbocycles.